The summed E-state index contributed by atoms with van der Waals surface area (Å²) in [7, 11) is 1.74. The Balaban J connectivity index is 1.65. The van der Waals surface area contributed by atoms with Crippen molar-refractivity contribution in [1.29, 1.82) is 0 Å². The summed E-state index contributed by atoms with van der Waals surface area (Å²) in [4.78, 5) is 36.8. The van der Waals surface area contributed by atoms with Crippen molar-refractivity contribution in [3.63, 3.8) is 0 Å². The molecule has 0 aliphatic heterocycles. The highest BCUT2D eigenvalue weighted by atomic mass is 35.5. The highest BCUT2D eigenvalue weighted by Crippen LogP contribution is 2.34. The van der Waals surface area contributed by atoms with Crippen LogP contribution in [0.15, 0.2) is 23.4 Å². The molecule has 2 amide bonds. The molecule has 0 unspecified atom stereocenters. The van der Waals surface area contributed by atoms with Crippen LogP contribution in [0.4, 0.5) is 5.00 Å². The van der Waals surface area contributed by atoms with Crippen LogP contribution in [0.2, 0.25) is 10.0 Å². The molecule has 0 bridgehead atoms. The van der Waals surface area contributed by atoms with Gasteiger partial charge in [-0.3, -0.25) is 9.59 Å². The average molecular weight is 558 g/mol. The number of anilines is 1. The van der Waals surface area contributed by atoms with Gasteiger partial charge in [0, 0.05) is 18.1 Å². The molecular formula is C21H21Cl2N5O5S2. The Hall–Kier alpha value is -2.80. The van der Waals surface area contributed by atoms with Crippen LogP contribution in [0.25, 0.3) is 0 Å². The molecule has 0 saturated carbocycles. The molecule has 0 saturated heterocycles. The van der Waals surface area contributed by atoms with Crippen molar-refractivity contribution in [3.05, 3.63) is 50.1 Å². The van der Waals surface area contributed by atoms with E-state index in [1.807, 2.05) is 0 Å². The lowest BCUT2D eigenvalue weighted by Gasteiger charge is -2.09. The summed E-state index contributed by atoms with van der Waals surface area (Å²) in [6.45, 7) is 3.47. The molecule has 3 N–H and O–H groups in total. The number of carbonyl (C=O) groups excluding carboxylic acids is 3. The zero-order chi connectivity index (χ0) is 25.7. The fourth-order valence-corrected chi connectivity index (χ4v) is 5.03. The van der Waals surface area contributed by atoms with Crippen molar-refractivity contribution < 1.29 is 23.9 Å². The molecule has 0 aliphatic carbocycles. The number of halogens is 2. The number of thioether (sulfide) groups is 1. The van der Waals surface area contributed by atoms with Gasteiger partial charge in [0.15, 0.2) is 11.0 Å². The minimum atomic E-state index is -0.694. The van der Waals surface area contributed by atoms with E-state index in [4.69, 9.17) is 38.4 Å². The molecule has 2 aromatic heterocycles. The van der Waals surface area contributed by atoms with Crippen molar-refractivity contribution in [1.82, 2.24) is 14.8 Å². The first-order chi connectivity index (χ1) is 16.6. The molecule has 3 aromatic rings. The number of esters is 1. The molecule has 0 fully saturated rings. The van der Waals surface area contributed by atoms with E-state index in [1.54, 1.807) is 43.7 Å². The molecule has 2 heterocycles. The SMILES string of the molecule is CCOC(=O)c1c(NC(=O)CSc2nnc(COc3cc(Cl)ccc3Cl)n2C)sc(C(N)=O)c1C. The number of thiophene rings is 1. The number of aromatic nitrogens is 3. The minimum absolute atomic E-state index is 0.0297. The van der Waals surface area contributed by atoms with Gasteiger partial charge in [0.05, 0.1) is 27.8 Å². The van der Waals surface area contributed by atoms with Gasteiger partial charge >= 0.3 is 5.97 Å². The molecular weight excluding hydrogens is 537 g/mol. The highest BCUT2D eigenvalue weighted by Gasteiger charge is 2.26. The number of nitrogens with one attached hydrogen (secondary N) is 1. The number of hydrogen-bond acceptors (Lipinski definition) is 9. The maximum absolute atomic E-state index is 12.6. The van der Waals surface area contributed by atoms with Gasteiger partial charge in [-0.25, -0.2) is 4.79 Å². The number of nitrogens with two attached hydrogens (primary N) is 1. The third-order valence-corrected chi connectivity index (χ3v) is 7.40. The molecule has 0 radical (unpaired) electrons. The smallest absolute Gasteiger partial charge is 0.341 e. The summed E-state index contributed by atoms with van der Waals surface area (Å²) in [5, 5.41) is 12.4. The van der Waals surface area contributed by atoms with Gasteiger partial charge < -0.3 is 25.1 Å². The largest absolute Gasteiger partial charge is 0.484 e. The lowest BCUT2D eigenvalue weighted by atomic mass is 10.1. The Morgan fingerprint density at radius 3 is 2.69 bits per heavy atom. The highest BCUT2D eigenvalue weighted by molar-refractivity contribution is 7.99. The van der Waals surface area contributed by atoms with Crippen LogP contribution >= 0.6 is 46.3 Å². The van der Waals surface area contributed by atoms with Crippen molar-refractivity contribution in [3.8, 4) is 5.75 Å². The molecule has 10 nitrogen and oxygen atoms in total. The van der Waals surface area contributed by atoms with Gasteiger partial charge in [-0.1, -0.05) is 35.0 Å². The molecule has 1 aromatic carbocycles. The van der Waals surface area contributed by atoms with Crippen LogP contribution in [-0.4, -0.2) is 44.9 Å². The standard InChI is InChI=1S/C21H21Cl2N5O5S2/c1-4-32-20(31)16-10(2)17(18(24)30)35-19(16)25-15(29)9-34-21-27-26-14(28(21)3)8-33-13-7-11(22)5-6-12(13)23/h5-7H,4,8-9H2,1-3H3,(H2,24,30)(H,25,29). The number of benzene rings is 1. The van der Waals surface area contributed by atoms with Crippen LogP contribution in [0.5, 0.6) is 5.75 Å². The summed E-state index contributed by atoms with van der Waals surface area (Å²) in [6.07, 6.45) is 0. The van der Waals surface area contributed by atoms with E-state index >= 15 is 0 Å². The Kier molecular flexibility index (Phi) is 9.00. The van der Waals surface area contributed by atoms with Crippen LogP contribution in [0.1, 0.15) is 38.3 Å². The Morgan fingerprint density at radius 2 is 2.00 bits per heavy atom. The normalized spacial score (nSPS) is 10.8. The fourth-order valence-electron chi connectivity index (χ4n) is 2.90. The van der Waals surface area contributed by atoms with E-state index in [-0.39, 0.29) is 34.4 Å². The predicted molar refractivity (Wildman–Crippen MR) is 135 cm³/mol. The Labute approximate surface area is 219 Å². The van der Waals surface area contributed by atoms with Crippen LogP contribution < -0.4 is 15.8 Å². The van der Waals surface area contributed by atoms with Gasteiger partial charge in [-0.2, -0.15) is 0 Å². The topological polar surface area (TPSA) is 138 Å². The molecule has 0 aliphatic rings. The molecule has 186 valence electrons. The number of primary amides is 1. The predicted octanol–water partition coefficient (Wildman–Crippen LogP) is 4.08. The van der Waals surface area contributed by atoms with Crippen molar-refractivity contribution in [2.24, 2.45) is 12.8 Å². The zero-order valence-electron chi connectivity index (χ0n) is 18.9. The van der Waals surface area contributed by atoms with Gasteiger partial charge in [-0.05, 0) is 31.5 Å². The van der Waals surface area contributed by atoms with Crippen molar-refractivity contribution >= 4 is 69.1 Å². The number of carbonyl (C=O) groups is 3. The molecule has 14 heteroatoms. The minimum Gasteiger partial charge on any atom is -0.484 e. The van der Waals surface area contributed by atoms with Gasteiger partial charge in [0.1, 0.15) is 17.4 Å². The first-order valence-electron chi connectivity index (χ1n) is 10.1. The third-order valence-electron chi connectivity index (χ3n) is 4.61. The third kappa shape index (κ3) is 6.45. The lowest BCUT2D eigenvalue weighted by molar-refractivity contribution is -0.113. The van der Waals surface area contributed by atoms with Gasteiger partial charge in [0.25, 0.3) is 5.91 Å². The van der Waals surface area contributed by atoms with E-state index in [0.29, 0.717) is 32.3 Å². The van der Waals surface area contributed by atoms with Crippen molar-refractivity contribution in [2.45, 2.75) is 25.6 Å². The van der Waals surface area contributed by atoms with Gasteiger partial charge in [-0.15, -0.1) is 21.5 Å². The number of amides is 2. The van der Waals surface area contributed by atoms with Crippen LogP contribution in [0.3, 0.4) is 0 Å². The maximum atomic E-state index is 12.6. The van der Waals surface area contributed by atoms with E-state index in [1.165, 1.54) is 0 Å². The number of nitrogens with zero attached hydrogens (tertiary/aromatic N) is 3. The molecule has 0 spiro atoms. The second-order valence-corrected chi connectivity index (χ2v) is 9.81. The maximum Gasteiger partial charge on any atom is 0.341 e. The summed E-state index contributed by atoms with van der Waals surface area (Å²) in [5.41, 5.74) is 5.87. The summed E-state index contributed by atoms with van der Waals surface area (Å²) in [5.74, 6) is -0.860. The lowest BCUT2D eigenvalue weighted by Crippen LogP contribution is -2.17. The quantitative estimate of drug-likeness (QED) is 0.281. The number of hydrogen-bond donors (Lipinski definition) is 2. The Morgan fingerprint density at radius 1 is 1.26 bits per heavy atom. The second kappa shape index (κ2) is 11.8. The average Bonchev–Trinajstić information content (AvgIpc) is 3.32. The summed E-state index contributed by atoms with van der Waals surface area (Å²) in [6, 6.07) is 4.88. The van der Waals surface area contributed by atoms with Crippen LogP contribution in [-0.2, 0) is 23.2 Å². The molecule has 0 atom stereocenters. The van der Waals surface area contributed by atoms with E-state index < -0.39 is 17.8 Å². The van der Waals surface area contributed by atoms with E-state index in [2.05, 4.69) is 15.5 Å². The summed E-state index contributed by atoms with van der Waals surface area (Å²) >= 11 is 14.1. The Bertz CT molecular complexity index is 1280. The fraction of sp³-hybridized carbons (Fsp3) is 0.286. The van der Waals surface area contributed by atoms with Crippen LogP contribution in [0, 0.1) is 6.92 Å². The van der Waals surface area contributed by atoms with Gasteiger partial charge in [0.2, 0.25) is 5.91 Å². The molecule has 35 heavy (non-hydrogen) atoms. The first-order valence-corrected chi connectivity index (χ1v) is 12.7. The van der Waals surface area contributed by atoms with E-state index in [0.717, 1.165) is 23.1 Å². The second-order valence-electron chi connectivity index (χ2n) is 7.00. The monoisotopic (exact) mass is 557 g/mol. The first kappa shape index (κ1) is 26.8. The number of rotatable bonds is 10. The van der Waals surface area contributed by atoms with E-state index in [9.17, 15) is 14.4 Å². The number of ether oxygens (including phenoxy) is 2. The zero-order valence-corrected chi connectivity index (χ0v) is 22.0. The van der Waals surface area contributed by atoms with Crippen molar-refractivity contribution in [2.75, 3.05) is 17.7 Å². The molecule has 3 rings (SSSR count). The summed E-state index contributed by atoms with van der Waals surface area (Å²) < 4.78 is 12.4.